The number of fused-ring (bicyclic) bond motifs is 1. The van der Waals surface area contributed by atoms with Crippen molar-refractivity contribution in [3.05, 3.63) is 48.4 Å². The third kappa shape index (κ3) is 2.07. The second-order valence-electron chi connectivity index (χ2n) is 4.05. The van der Waals surface area contributed by atoms with Gasteiger partial charge in [0.25, 0.3) is 0 Å². The maximum absolute atomic E-state index is 9.25. The molecule has 0 N–H and O–H groups in total. The molecule has 0 aliphatic rings. The fourth-order valence-corrected chi connectivity index (χ4v) is 2.84. The highest BCUT2D eigenvalue weighted by atomic mass is 32.2. The standard InChI is InChI=1S/C14H10N4S/c1-18-7-6-16-14(18)19-13-10(8-15)9-17-12-5-3-2-4-11(12)13/h2-7,9H,1H3. The number of benzene rings is 1. The van der Waals surface area contributed by atoms with Crippen LogP contribution in [0.4, 0.5) is 0 Å². The van der Waals surface area contributed by atoms with Gasteiger partial charge in [0.1, 0.15) is 6.07 Å². The van der Waals surface area contributed by atoms with Gasteiger partial charge in [-0.15, -0.1) is 0 Å². The lowest BCUT2D eigenvalue weighted by Crippen LogP contribution is -1.92. The first-order chi connectivity index (χ1) is 9.29. The molecule has 92 valence electrons. The van der Waals surface area contributed by atoms with E-state index in [9.17, 15) is 5.26 Å². The topological polar surface area (TPSA) is 54.5 Å². The minimum absolute atomic E-state index is 0.576. The fraction of sp³-hybridized carbons (Fsp3) is 0.0714. The molecular weight excluding hydrogens is 256 g/mol. The van der Waals surface area contributed by atoms with Gasteiger partial charge >= 0.3 is 0 Å². The number of imidazole rings is 1. The Kier molecular flexibility index (Phi) is 2.94. The first kappa shape index (κ1) is 11.8. The minimum Gasteiger partial charge on any atom is -0.329 e. The zero-order valence-electron chi connectivity index (χ0n) is 10.2. The molecule has 0 saturated carbocycles. The van der Waals surface area contributed by atoms with Crippen molar-refractivity contribution in [2.45, 2.75) is 10.1 Å². The highest BCUT2D eigenvalue weighted by Gasteiger charge is 2.12. The van der Waals surface area contributed by atoms with Gasteiger partial charge in [-0.3, -0.25) is 4.98 Å². The fourth-order valence-electron chi connectivity index (χ4n) is 1.85. The van der Waals surface area contributed by atoms with E-state index in [0.29, 0.717) is 5.56 Å². The Bertz CT molecular complexity index is 785. The van der Waals surface area contributed by atoms with E-state index in [2.05, 4.69) is 16.0 Å². The number of hydrogen-bond donors (Lipinski definition) is 0. The molecule has 0 spiro atoms. The van der Waals surface area contributed by atoms with E-state index >= 15 is 0 Å². The third-order valence-corrected chi connectivity index (χ3v) is 4.04. The molecule has 3 aromatic rings. The van der Waals surface area contributed by atoms with Crippen LogP contribution in [0.5, 0.6) is 0 Å². The molecule has 0 amide bonds. The Morgan fingerprint density at radius 2 is 2.11 bits per heavy atom. The van der Waals surface area contributed by atoms with Gasteiger partial charge in [0, 0.05) is 35.9 Å². The van der Waals surface area contributed by atoms with Crippen molar-refractivity contribution in [2.75, 3.05) is 0 Å². The summed E-state index contributed by atoms with van der Waals surface area (Å²) in [5.41, 5.74) is 1.46. The van der Waals surface area contributed by atoms with Gasteiger partial charge in [0.05, 0.1) is 11.1 Å². The van der Waals surface area contributed by atoms with Gasteiger partial charge in [-0.25, -0.2) is 4.98 Å². The van der Waals surface area contributed by atoms with Crippen LogP contribution in [0, 0.1) is 11.3 Å². The van der Waals surface area contributed by atoms with Crippen LogP contribution in [-0.2, 0) is 7.05 Å². The van der Waals surface area contributed by atoms with Gasteiger partial charge in [0.15, 0.2) is 5.16 Å². The third-order valence-electron chi connectivity index (χ3n) is 2.82. The van der Waals surface area contributed by atoms with Gasteiger partial charge in [-0.2, -0.15) is 5.26 Å². The first-order valence-electron chi connectivity index (χ1n) is 5.72. The Morgan fingerprint density at radius 1 is 1.26 bits per heavy atom. The second-order valence-corrected chi connectivity index (χ2v) is 5.03. The largest absolute Gasteiger partial charge is 0.329 e. The lowest BCUT2D eigenvalue weighted by atomic mass is 10.2. The maximum Gasteiger partial charge on any atom is 0.172 e. The SMILES string of the molecule is Cn1ccnc1Sc1c(C#N)cnc2ccccc12. The van der Waals surface area contributed by atoms with Crippen LogP contribution in [0.1, 0.15) is 5.56 Å². The molecule has 0 atom stereocenters. The summed E-state index contributed by atoms with van der Waals surface area (Å²) in [6.45, 7) is 0. The molecule has 1 aromatic carbocycles. The number of rotatable bonds is 2. The van der Waals surface area contributed by atoms with E-state index in [0.717, 1.165) is 21.0 Å². The first-order valence-corrected chi connectivity index (χ1v) is 6.54. The van der Waals surface area contributed by atoms with Crippen LogP contribution in [0.3, 0.4) is 0 Å². The Morgan fingerprint density at radius 3 is 2.84 bits per heavy atom. The van der Waals surface area contributed by atoms with E-state index in [1.807, 2.05) is 42.1 Å². The van der Waals surface area contributed by atoms with E-state index in [-0.39, 0.29) is 0 Å². The van der Waals surface area contributed by atoms with Crippen molar-refractivity contribution in [3.8, 4) is 6.07 Å². The normalized spacial score (nSPS) is 10.5. The maximum atomic E-state index is 9.25. The van der Waals surface area contributed by atoms with Crippen molar-refractivity contribution in [1.82, 2.24) is 14.5 Å². The molecule has 2 aromatic heterocycles. The average molecular weight is 266 g/mol. The number of aromatic nitrogens is 3. The molecule has 0 radical (unpaired) electrons. The van der Waals surface area contributed by atoms with Crippen LogP contribution >= 0.6 is 11.8 Å². The van der Waals surface area contributed by atoms with Gasteiger partial charge in [0.2, 0.25) is 0 Å². The van der Waals surface area contributed by atoms with Crippen molar-refractivity contribution >= 4 is 22.7 Å². The van der Waals surface area contributed by atoms with Gasteiger partial charge in [-0.1, -0.05) is 18.2 Å². The zero-order chi connectivity index (χ0) is 13.2. The molecule has 0 bridgehead atoms. The highest BCUT2D eigenvalue weighted by Crippen LogP contribution is 2.34. The molecule has 5 heteroatoms. The van der Waals surface area contributed by atoms with Crippen molar-refractivity contribution in [2.24, 2.45) is 7.05 Å². The van der Waals surface area contributed by atoms with E-state index in [4.69, 9.17) is 0 Å². The quantitative estimate of drug-likeness (QED) is 0.715. The predicted molar refractivity (Wildman–Crippen MR) is 73.8 cm³/mol. The van der Waals surface area contributed by atoms with Crippen LogP contribution in [0.15, 0.2) is 52.9 Å². The average Bonchev–Trinajstić information content (AvgIpc) is 2.85. The summed E-state index contributed by atoms with van der Waals surface area (Å²) in [7, 11) is 1.94. The number of pyridine rings is 1. The number of nitrogens with zero attached hydrogens (tertiary/aromatic N) is 4. The highest BCUT2D eigenvalue weighted by molar-refractivity contribution is 7.99. The summed E-state index contributed by atoms with van der Waals surface area (Å²) in [5, 5.41) is 11.1. The molecule has 0 aliphatic heterocycles. The van der Waals surface area contributed by atoms with Crippen LogP contribution in [0.2, 0.25) is 0 Å². The molecule has 19 heavy (non-hydrogen) atoms. The Balaban J connectivity index is 2.21. The lowest BCUT2D eigenvalue weighted by molar-refractivity contribution is 0.790. The molecule has 0 saturated heterocycles. The molecule has 0 fully saturated rings. The number of nitriles is 1. The van der Waals surface area contributed by atoms with Crippen LogP contribution in [0.25, 0.3) is 10.9 Å². The monoisotopic (exact) mass is 266 g/mol. The summed E-state index contributed by atoms with van der Waals surface area (Å²) in [4.78, 5) is 9.50. The van der Waals surface area contributed by atoms with Crippen molar-refractivity contribution < 1.29 is 0 Å². The molecular formula is C14H10N4S. The smallest absolute Gasteiger partial charge is 0.172 e. The zero-order valence-corrected chi connectivity index (χ0v) is 11.1. The summed E-state index contributed by atoms with van der Waals surface area (Å²) in [6.07, 6.45) is 5.25. The molecule has 2 heterocycles. The Labute approximate surface area is 114 Å². The van der Waals surface area contributed by atoms with E-state index in [1.165, 1.54) is 11.8 Å². The van der Waals surface area contributed by atoms with Crippen LogP contribution < -0.4 is 0 Å². The lowest BCUT2D eigenvalue weighted by Gasteiger charge is -2.07. The molecule has 4 nitrogen and oxygen atoms in total. The summed E-state index contributed by atoms with van der Waals surface area (Å²) >= 11 is 1.49. The summed E-state index contributed by atoms with van der Waals surface area (Å²) < 4.78 is 1.93. The number of aryl methyl sites for hydroxylation is 1. The predicted octanol–water partition coefficient (Wildman–Crippen LogP) is 2.99. The van der Waals surface area contributed by atoms with Gasteiger partial charge in [-0.05, 0) is 17.8 Å². The molecule has 0 aliphatic carbocycles. The van der Waals surface area contributed by atoms with E-state index in [1.54, 1.807) is 12.4 Å². The number of hydrogen-bond acceptors (Lipinski definition) is 4. The number of para-hydroxylation sites is 1. The molecule has 0 unspecified atom stereocenters. The van der Waals surface area contributed by atoms with Crippen molar-refractivity contribution in [1.29, 1.82) is 5.26 Å². The molecule has 3 rings (SSSR count). The summed E-state index contributed by atoms with van der Waals surface area (Å²) in [6, 6.07) is 10.0. The van der Waals surface area contributed by atoms with Crippen LogP contribution in [-0.4, -0.2) is 14.5 Å². The van der Waals surface area contributed by atoms with E-state index < -0.39 is 0 Å². The van der Waals surface area contributed by atoms with Gasteiger partial charge < -0.3 is 4.57 Å². The second kappa shape index (κ2) is 4.75. The van der Waals surface area contributed by atoms with Crippen molar-refractivity contribution in [3.63, 3.8) is 0 Å². The summed E-state index contributed by atoms with van der Waals surface area (Å²) in [5.74, 6) is 0. The Hall–Kier alpha value is -2.32. The minimum atomic E-state index is 0.576.